The second-order valence-electron chi connectivity index (χ2n) is 14.2. The summed E-state index contributed by atoms with van der Waals surface area (Å²) in [5.74, 6) is -2.70. The number of halogens is 1. The molecule has 0 aliphatic carbocycles. The number of carbonyl (C=O) groups excluding carboxylic acids is 3. The summed E-state index contributed by atoms with van der Waals surface area (Å²) in [6.45, 7) is 5.38. The van der Waals surface area contributed by atoms with Crippen LogP contribution in [0.25, 0.3) is 0 Å². The van der Waals surface area contributed by atoms with Crippen molar-refractivity contribution < 1.29 is 37.7 Å². The summed E-state index contributed by atoms with van der Waals surface area (Å²) in [4.78, 5) is 63.5. The first-order valence-corrected chi connectivity index (χ1v) is 20.7. The van der Waals surface area contributed by atoms with Gasteiger partial charge >= 0.3 is 23.6 Å². The maximum atomic E-state index is 14.9. The third-order valence-electron chi connectivity index (χ3n) is 9.49. The van der Waals surface area contributed by atoms with E-state index in [1.165, 1.54) is 19.3 Å². The molecule has 0 bridgehead atoms. The Kier molecular flexibility index (Phi) is 24.9. The van der Waals surface area contributed by atoms with Crippen molar-refractivity contribution in [2.45, 2.75) is 194 Å². The highest BCUT2D eigenvalue weighted by molar-refractivity contribution is 5.70. The molecule has 0 saturated carbocycles. The Hall–Kier alpha value is -3.54. The highest BCUT2D eigenvalue weighted by Gasteiger charge is 2.40. The van der Waals surface area contributed by atoms with Crippen LogP contribution in [-0.2, 0) is 40.1 Å². The van der Waals surface area contributed by atoms with Crippen molar-refractivity contribution in [2.24, 2.45) is 0 Å². The van der Waals surface area contributed by atoms with E-state index in [1.54, 1.807) is 0 Å². The van der Waals surface area contributed by atoms with Crippen LogP contribution >= 0.6 is 0 Å². The molecule has 306 valence electrons. The van der Waals surface area contributed by atoms with Crippen LogP contribution in [0.2, 0.25) is 0 Å². The quantitative estimate of drug-likeness (QED) is 0.0326. The first-order chi connectivity index (χ1) is 26.2. The second-order valence-corrected chi connectivity index (χ2v) is 14.2. The Morgan fingerprint density at radius 3 is 1.87 bits per heavy atom. The Balaban J connectivity index is 1.89. The number of aromatic nitrogens is 2. The van der Waals surface area contributed by atoms with Crippen LogP contribution in [0, 0.1) is 5.82 Å². The number of hydrogen-bond donors (Lipinski definition) is 0. The van der Waals surface area contributed by atoms with Gasteiger partial charge < -0.3 is 18.9 Å². The minimum atomic E-state index is -1.24. The Bertz CT molecular complexity index is 1400. The molecule has 0 unspecified atom stereocenters. The minimum Gasteiger partial charge on any atom is -0.463 e. The van der Waals surface area contributed by atoms with Crippen molar-refractivity contribution in [1.82, 2.24) is 9.13 Å². The maximum Gasteiger partial charge on any atom is 0.336 e. The van der Waals surface area contributed by atoms with E-state index in [9.17, 15) is 28.4 Å². The molecule has 11 nitrogen and oxygen atoms in total. The standard InChI is InChI=1S/C42H67FN2O9/c1-4-7-10-13-14-15-16-17-18-19-20-21-22-23-26-28-39(47)52-33-45-41(49)34(43)31-44(42(45)50)37-30-35(54-40(48)29-25-12-9-6-3)36(53-37)32-51-38(46)27-24-11-8-5-2/h14-15,17-18,31,35-37H,4-13,16,19-30,32-33H2,1-3H3/b15-14-,18-17-/t35-,36+,37+/m0/s1. The summed E-state index contributed by atoms with van der Waals surface area (Å²) in [7, 11) is 0. The van der Waals surface area contributed by atoms with Gasteiger partial charge in [-0.05, 0) is 51.4 Å². The summed E-state index contributed by atoms with van der Waals surface area (Å²) < 4.78 is 38.6. The molecule has 3 atom stereocenters. The van der Waals surface area contributed by atoms with Gasteiger partial charge in [0.2, 0.25) is 5.82 Å². The fraction of sp³-hybridized carbons (Fsp3) is 0.738. The van der Waals surface area contributed by atoms with Crippen LogP contribution in [0.3, 0.4) is 0 Å². The first kappa shape index (κ1) is 46.6. The van der Waals surface area contributed by atoms with E-state index in [1.807, 2.05) is 0 Å². The largest absolute Gasteiger partial charge is 0.463 e. The molecule has 0 N–H and O–H groups in total. The monoisotopic (exact) mass is 762 g/mol. The lowest BCUT2D eigenvalue weighted by Gasteiger charge is -2.19. The topological polar surface area (TPSA) is 132 Å². The number of ether oxygens (including phenoxy) is 4. The van der Waals surface area contributed by atoms with E-state index in [2.05, 4.69) is 45.1 Å². The summed E-state index contributed by atoms with van der Waals surface area (Å²) in [6, 6.07) is 0. The van der Waals surface area contributed by atoms with Crippen molar-refractivity contribution in [3.05, 3.63) is 57.2 Å². The van der Waals surface area contributed by atoms with Crippen molar-refractivity contribution in [3.8, 4) is 0 Å². The number of hydrogen-bond acceptors (Lipinski definition) is 9. The normalized spacial score (nSPS) is 17.1. The van der Waals surface area contributed by atoms with Gasteiger partial charge in [0.1, 0.15) is 25.0 Å². The molecule has 12 heteroatoms. The molecule has 0 spiro atoms. The third kappa shape index (κ3) is 19.2. The molecular formula is C42H67FN2O9. The smallest absolute Gasteiger partial charge is 0.336 e. The molecule has 2 rings (SSSR count). The van der Waals surface area contributed by atoms with Crippen molar-refractivity contribution >= 4 is 17.9 Å². The van der Waals surface area contributed by atoms with Gasteiger partial charge in [-0.2, -0.15) is 4.39 Å². The Morgan fingerprint density at radius 2 is 1.24 bits per heavy atom. The van der Waals surface area contributed by atoms with Gasteiger partial charge in [0.15, 0.2) is 6.73 Å². The van der Waals surface area contributed by atoms with Gasteiger partial charge in [-0.1, -0.05) is 116 Å². The zero-order valence-electron chi connectivity index (χ0n) is 33.2. The highest BCUT2D eigenvalue weighted by Crippen LogP contribution is 2.31. The van der Waals surface area contributed by atoms with E-state index >= 15 is 0 Å². The van der Waals surface area contributed by atoms with E-state index in [-0.39, 0.29) is 32.3 Å². The van der Waals surface area contributed by atoms with Crippen molar-refractivity contribution in [2.75, 3.05) is 6.61 Å². The van der Waals surface area contributed by atoms with E-state index < -0.39 is 60.1 Å². The SMILES string of the molecule is CCCCC/C=C\C/C=C\CCCCCCCC(=O)OCn1c(=O)c(F)cn([C@H]2C[C@H](OC(=O)CCCCCC)[C@@H](COC(=O)CCCCCC)O2)c1=O. The lowest BCUT2D eigenvalue weighted by atomic mass is 10.1. The van der Waals surface area contributed by atoms with Crippen molar-refractivity contribution in [1.29, 1.82) is 0 Å². The van der Waals surface area contributed by atoms with Crippen molar-refractivity contribution in [3.63, 3.8) is 0 Å². The number of nitrogens with zero attached hydrogens (tertiary/aromatic N) is 2. The number of carbonyl (C=O) groups is 3. The number of esters is 3. The molecule has 2 heterocycles. The summed E-state index contributed by atoms with van der Waals surface area (Å²) in [5.41, 5.74) is -2.18. The highest BCUT2D eigenvalue weighted by atomic mass is 19.1. The average Bonchev–Trinajstić information content (AvgIpc) is 3.55. The van der Waals surface area contributed by atoms with Crippen LogP contribution in [0.1, 0.15) is 175 Å². The molecule has 1 aromatic heterocycles. The summed E-state index contributed by atoms with van der Waals surface area (Å²) in [6.07, 6.45) is 25.8. The lowest BCUT2D eigenvalue weighted by molar-refractivity contribution is -0.158. The summed E-state index contributed by atoms with van der Waals surface area (Å²) >= 11 is 0. The lowest BCUT2D eigenvalue weighted by Crippen LogP contribution is -2.43. The van der Waals surface area contributed by atoms with Gasteiger partial charge in [0, 0.05) is 25.7 Å². The molecule has 54 heavy (non-hydrogen) atoms. The number of unbranched alkanes of at least 4 members (excludes halogenated alkanes) is 14. The van der Waals surface area contributed by atoms with Crippen LogP contribution in [-0.4, -0.2) is 45.9 Å². The molecule has 1 saturated heterocycles. The first-order valence-electron chi connectivity index (χ1n) is 20.7. The molecular weight excluding hydrogens is 695 g/mol. The van der Waals surface area contributed by atoms with Crippen LogP contribution in [0.4, 0.5) is 4.39 Å². The van der Waals surface area contributed by atoms with E-state index in [0.717, 1.165) is 94.2 Å². The van der Waals surface area contributed by atoms with Crippen LogP contribution in [0.5, 0.6) is 0 Å². The fourth-order valence-corrected chi connectivity index (χ4v) is 6.21. The van der Waals surface area contributed by atoms with Gasteiger partial charge in [-0.15, -0.1) is 0 Å². The molecule has 1 aliphatic rings. The Morgan fingerprint density at radius 1 is 0.722 bits per heavy atom. The minimum absolute atomic E-state index is 0.0381. The fourth-order valence-electron chi connectivity index (χ4n) is 6.21. The molecule has 1 fully saturated rings. The zero-order valence-corrected chi connectivity index (χ0v) is 33.2. The van der Waals surface area contributed by atoms with Gasteiger partial charge in [0.05, 0.1) is 6.20 Å². The maximum absolute atomic E-state index is 14.9. The predicted octanol–water partition coefficient (Wildman–Crippen LogP) is 9.15. The van der Waals surface area contributed by atoms with Crippen LogP contribution in [0.15, 0.2) is 40.1 Å². The van der Waals surface area contributed by atoms with Gasteiger partial charge in [-0.3, -0.25) is 23.7 Å². The number of allylic oxidation sites excluding steroid dienone is 4. The number of rotatable bonds is 30. The molecule has 0 radical (unpaired) electrons. The Labute approximate surface area is 321 Å². The third-order valence-corrected chi connectivity index (χ3v) is 9.49. The van der Waals surface area contributed by atoms with Crippen LogP contribution < -0.4 is 11.2 Å². The van der Waals surface area contributed by atoms with Gasteiger partial charge in [0.25, 0.3) is 5.56 Å². The molecule has 1 aromatic rings. The molecule has 0 amide bonds. The molecule has 0 aromatic carbocycles. The molecule has 1 aliphatic heterocycles. The van der Waals surface area contributed by atoms with E-state index in [0.29, 0.717) is 23.8 Å². The zero-order chi connectivity index (χ0) is 39.4. The second kappa shape index (κ2) is 28.8. The summed E-state index contributed by atoms with van der Waals surface area (Å²) in [5, 5.41) is 0. The average molecular weight is 763 g/mol. The van der Waals surface area contributed by atoms with E-state index in [4.69, 9.17) is 18.9 Å². The predicted molar refractivity (Wildman–Crippen MR) is 207 cm³/mol. The van der Waals surface area contributed by atoms with Gasteiger partial charge in [-0.25, -0.2) is 9.36 Å².